The molecule has 0 aromatic rings. The van der Waals surface area contributed by atoms with E-state index in [1.54, 1.807) is 11.9 Å². The van der Waals surface area contributed by atoms with Gasteiger partial charge in [0.25, 0.3) is 0 Å². The first-order valence-corrected chi connectivity index (χ1v) is 8.20. The van der Waals surface area contributed by atoms with Gasteiger partial charge in [0, 0.05) is 25.9 Å². The van der Waals surface area contributed by atoms with Crippen molar-refractivity contribution in [1.82, 2.24) is 4.90 Å². The van der Waals surface area contributed by atoms with Crippen LogP contribution in [0.3, 0.4) is 0 Å². The number of carbonyl (C=O) groups excluding carboxylic acids is 2. The second-order valence-corrected chi connectivity index (χ2v) is 7.55. The zero-order chi connectivity index (χ0) is 13.3. The summed E-state index contributed by atoms with van der Waals surface area (Å²) in [6.45, 7) is 0. The fraction of sp³-hybridized carbons (Fsp3) is 0.833. The van der Waals surface area contributed by atoms with E-state index in [1.807, 2.05) is 0 Å². The lowest BCUT2D eigenvalue weighted by molar-refractivity contribution is -0.137. The molecule has 1 saturated carbocycles. The Balaban J connectivity index is 1.95. The lowest BCUT2D eigenvalue weighted by Gasteiger charge is -2.32. The normalized spacial score (nSPS) is 28.3. The first kappa shape index (κ1) is 13.5. The quantitative estimate of drug-likeness (QED) is 0.729. The van der Waals surface area contributed by atoms with E-state index in [4.69, 9.17) is 0 Å². The molecule has 5 nitrogen and oxygen atoms in total. The number of hydrogen-bond donors (Lipinski definition) is 0. The molecule has 0 aromatic heterocycles. The Hall–Kier alpha value is -0.910. The van der Waals surface area contributed by atoms with Gasteiger partial charge < -0.3 is 4.90 Å². The van der Waals surface area contributed by atoms with E-state index < -0.39 is 9.84 Å². The molecule has 2 fully saturated rings. The van der Waals surface area contributed by atoms with Gasteiger partial charge in [-0.2, -0.15) is 0 Å². The number of carbonyl (C=O) groups is 2. The summed E-state index contributed by atoms with van der Waals surface area (Å²) >= 11 is 0. The Labute approximate surface area is 107 Å². The Morgan fingerprint density at radius 2 is 1.83 bits per heavy atom. The molecular weight excluding hydrogens is 254 g/mol. The molecule has 2 aliphatic rings. The molecule has 1 atom stereocenters. The van der Waals surface area contributed by atoms with Crippen LogP contribution < -0.4 is 0 Å². The van der Waals surface area contributed by atoms with E-state index in [1.165, 1.54) is 0 Å². The molecule has 1 unspecified atom stereocenters. The summed E-state index contributed by atoms with van der Waals surface area (Å²) in [5.74, 6) is -0.0778. The van der Waals surface area contributed by atoms with Crippen LogP contribution in [0.5, 0.6) is 0 Å². The second kappa shape index (κ2) is 4.99. The van der Waals surface area contributed by atoms with Gasteiger partial charge in [-0.25, -0.2) is 8.42 Å². The average Bonchev–Trinajstić information content (AvgIpc) is 2.69. The van der Waals surface area contributed by atoms with Gasteiger partial charge in [-0.1, -0.05) is 0 Å². The fourth-order valence-corrected chi connectivity index (χ4v) is 4.50. The summed E-state index contributed by atoms with van der Waals surface area (Å²) in [5, 5.41) is 0. The van der Waals surface area contributed by atoms with Crippen molar-refractivity contribution in [3.05, 3.63) is 0 Å². The minimum atomic E-state index is -3.02. The van der Waals surface area contributed by atoms with Gasteiger partial charge in [-0.05, 0) is 19.3 Å². The van der Waals surface area contributed by atoms with Crippen molar-refractivity contribution in [1.29, 1.82) is 0 Å². The van der Waals surface area contributed by atoms with Gasteiger partial charge in [0.1, 0.15) is 5.78 Å². The maximum absolute atomic E-state index is 12.2. The third-order valence-corrected chi connectivity index (χ3v) is 5.76. The summed E-state index contributed by atoms with van der Waals surface area (Å²) in [7, 11) is -1.29. The minimum Gasteiger partial charge on any atom is -0.342 e. The molecule has 1 aliphatic carbocycles. The Kier molecular flexibility index (Phi) is 3.75. The lowest BCUT2D eigenvalue weighted by atomic mass is 9.92. The standard InChI is InChI=1S/C12H19NO4S/c1-13(10-2-4-11(14)5-3-10)12(15)9-6-7-18(16,17)8-9/h9-10H,2-8H2,1H3. The molecule has 0 aromatic carbocycles. The highest BCUT2D eigenvalue weighted by atomic mass is 32.2. The van der Waals surface area contributed by atoms with Crippen LogP contribution in [0.2, 0.25) is 0 Å². The minimum absolute atomic E-state index is 0.0121. The van der Waals surface area contributed by atoms with Crippen LogP contribution in [-0.2, 0) is 19.4 Å². The topological polar surface area (TPSA) is 71.5 Å². The van der Waals surface area contributed by atoms with Gasteiger partial charge in [0.05, 0.1) is 17.4 Å². The van der Waals surface area contributed by atoms with E-state index in [0.717, 1.165) is 0 Å². The number of amides is 1. The highest BCUT2D eigenvalue weighted by Crippen LogP contribution is 2.25. The summed E-state index contributed by atoms with van der Waals surface area (Å²) in [4.78, 5) is 25.0. The summed E-state index contributed by atoms with van der Waals surface area (Å²) in [5.41, 5.74) is 0. The SMILES string of the molecule is CN(C(=O)C1CCS(=O)(=O)C1)C1CCC(=O)CC1. The molecular formula is C12H19NO4S. The molecule has 1 aliphatic heterocycles. The molecule has 102 valence electrons. The van der Waals surface area contributed by atoms with E-state index in [-0.39, 0.29) is 35.2 Å². The molecule has 0 bridgehead atoms. The van der Waals surface area contributed by atoms with E-state index in [0.29, 0.717) is 32.1 Å². The molecule has 1 heterocycles. The first-order chi connectivity index (χ1) is 8.39. The summed E-state index contributed by atoms with van der Waals surface area (Å²) in [6.07, 6.45) is 2.93. The number of nitrogens with zero attached hydrogens (tertiary/aromatic N) is 1. The van der Waals surface area contributed by atoms with Crippen molar-refractivity contribution in [3.63, 3.8) is 0 Å². The number of ketones is 1. The number of rotatable bonds is 2. The van der Waals surface area contributed by atoms with Crippen molar-refractivity contribution in [3.8, 4) is 0 Å². The molecule has 6 heteroatoms. The maximum atomic E-state index is 12.2. The van der Waals surface area contributed by atoms with Gasteiger partial charge in [0.2, 0.25) is 5.91 Å². The highest BCUT2D eigenvalue weighted by Gasteiger charge is 2.36. The van der Waals surface area contributed by atoms with Gasteiger partial charge in [0.15, 0.2) is 9.84 Å². The van der Waals surface area contributed by atoms with Crippen molar-refractivity contribution in [2.75, 3.05) is 18.6 Å². The number of hydrogen-bond acceptors (Lipinski definition) is 4. The predicted molar refractivity (Wildman–Crippen MR) is 66.8 cm³/mol. The van der Waals surface area contributed by atoms with Crippen LogP contribution >= 0.6 is 0 Å². The Bertz CT molecular complexity index is 447. The van der Waals surface area contributed by atoms with Gasteiger partial charge in [-0.15, -0.1) is 0 Å². The molecule has 0 radical (unpaired) electrons. The van der Waals surface area contributed by atoms with Crippen LogP contribution in [0.15, 0.2) is 0 Å². The molecule has 18 heavy (non-hydrogen) atoms. The van der Waals surface area contributed by atoms with Crippen molar-refractivity contribution < 1.29 is 18.0 Å². The average molecular weight is 273 g/mol. The Morgan fingerprint density at radius 3 is 2.33 bits per heavy atom. The lowest BCUT2D eigenvalue weighted by Crippen LogP contribution is -2.42. The smallest absolute Gasteiger partial charge is 0.226 e. The van der Waals surface area contributed by atoms with Crippen molar-refractivity contribution in [2.45, 2.75) is 38.1 Å². The van der Waals surface area contributed by atoms with Crippen LogP contribution in [0.25, 0.3) is 0 Å². The predicted octanol–water partition coefficient (Wildman–Crippen LogP) is 0.391. The Morgan fingerprint density at radius 1 is 1.22 bits per heavy atom. The van der Waals surface area contributed by atoms with Crippen molar-refractivity contribution in [2.24, 2.45) is 5.92 Å². The first-order valence-electron chi connectivity index (χ1n) is 6.38. The van der Waals surface area contributed by atoms with Crippen LogP contribution in [0.1, 0.15) is 32.1 Å². The zero-order valence-electron chi connectivity index (χ0n) is 10.6. The highest BCUT2D eigenvalue weighted by molar-refractivity contribution is 7.91. The number of sulfone groups is 1. The van der Waals surface area contributed by atoms with Crippen LogP contribution in [-0.4, -0.2) is 49.6 Å². The fourth-order valence-electron chi connectivity index (χ4n) is 2.77. The third-order valence-electron chi connectivity index (χ3n) is 3.99. The maximum Gasteiger partial charge on any atom is 0.226 e. The zero-order valence-corrected chi connectivity index (χ0v) is 11.4. The number of Topliss-reactive ketones (excluding diaryl/α,β-unsaturated/α-hetero) is 1. The third kappa shape index (κ3) is 2.91. The van der Waals surface area contributed by atoms with Crippen molar-refractivity contribution >= 4 is 21.5 Å². The molecule has 0 N–H and O–H groups in total. The van der Waals surface area contributed by atoms with E-state index in [9.17, 15) is 18.0 Å². The molecule has 2 rings (SSSR count). The molecule has 1 saturated heterocycles. The molecule has 1 amide bonds. The van der Waals surface area contributed by atoms with Gasteiger partial charge in [-0.3, -0.25) is 9.59 Å². The van der Waals surface area contributed by atoms with E-state index in [2.05, 4.69) is 0 Å². The van der Waals surface area contributed by atoms with Crippen LogP contribution in [0.4, 0.5) is 0 Å². The van der Waals surface area contributed by atoms with Crippen LogP contribution in [0, 0.1) is 5.92 Å². The molecule has 0 spiro atoms. The van der Waals surface area contributed by atoms with E-state index >= 15 is 0 Å². The monoisotopic (exact) mass is 273 g/mol. The van der Waals surface area contributed by atoms with Gasteiger partial charge >= 0.3 is 0 Å². The summed E-state index contributed by atoms with van der Waals surface area (Å²) < 4.78 is 22.7. The summed E-state index contributed by atoms with van der Waals surface area (Å²) in [6, 6.07) is 0.0958. The second-order valence-electron chi connectivity index (χ2n) is 5.32. The largest absolute Gasteiger partial charge is 0.342 e.